The van der Waals surface area contributed by atoms with Crippen LogP contribution in [-0.4, -0.2) is 50.0 Å². The predicted octanol–water partition coefficient (Wildman–Crippen LogP) is 4.34. The normalized spacial score (nSPS) is 15.1. The van der Waals surface area contributed by atoms with Gasteiger partial charge in [-0.25, -0.2) is 8.42 Å². The highest BCUT2D eigenvalue weighted by molar-refractivity contribution is 9.10. The molecule has 1 N–H and O–H groups in total. The summed E-state index contributed by atoms with van der Waals surface area (Å²) in [5, 5.41) is 3.25. The molecule has 0 bridgehead atoms. The minimum atomic E-state index is -3.82. The van der Waals surface area contributed by atoms with Crippen LogP contribution in [0.5, 0.6) is 0 Å². The number of para-hydroxylation sites is 1. The minimum Gasteiger partial charge on any atom is -0.352 e. The van der Waals surface area contributed by atoms with Crippen molar-refractivity contribution in [1.82, 2.24) is 10.2 Å². The zero-order chi connectivity index (χ0) is 24.9. The number of anilines is 1. The van der Waals surface area contributed by atoms with Crippen molar-refractivity contribution in [2.45, 2.75) is 51.2 Å². The number of hydrogen-bond acceptors (Lipinski definition) is 4. The molecule has 0 aromatic heterocycles. The zero-order valence-corrected chi connectivity index (χ0v) is 22.4. The Kier molecular flexibility index (Phi) is 9.01. The molecule has 1 fully saturated rings. The van der Waals surface area contributed by atoms with E-state index in [1.54, 1.807) is 31.2 Å². The van der Waals surface area contributed by atoms with Crippen LogP contribution in [-0.2, 0) is 26.2 Å². The van der Waals surface area contributed by atoms with Crippen LogP contribution in [0.3, 0.4) is 0 Å². The number of amides is 2. The van der Waals surface area contributed by atoms with E-state index >= 15 is 0 Å². The average Bonchev–Trinajstić information content (AvgIpc) is 3.29. The highest BCUT2D eigenvalue weighted by Gasteiger charge is 2.31. The first-order valence-electron chi connectivity index (χ1n) is 11.1. The molecule has 1 aliphatic carbocycles. The number of benzene rings is 2. The SMILES string of the molecule is C[C@H](C(=O)NC1CCCC1)N(Cc1ccc(Br)cc1)C(=O)CN(c1ccccc1Cl)S(C)(=O)=O. The lowest BCUT2D eigenvalue weighted by Crippen LogP contribution is -2.52. The van der Waals surface area contributed by atoms with E-state index in [0.717, 1.165) is 46.3 Å². The third kappa shape index (κ3) is 6.96. The Morgan fingerprint density at radius 3 is 2.32 bits per heavy atom. The van der Waals surface area contributed by atoms with E-state index < -0.39 is 28.5 Å². The number of rotatable bonds is 9. The van der Waals surface area contributed by atoms with Crippen LogP contribution < -0.4 is 9.62 Å². The van der Waals surface area contributed by atoms with Crippen LogP contribution in [0, 0.1) is 0 Å². The maximum atomic E-state index is 13.5. The zero-order valence-electron chi connectivity index (χ0n) is 19.2. The number of sulfonamides is 1. The van der Waals surface area contributed by atoms with Gasteiger partial charge in [0.25, 0.3) is 0 Å². The van der Waals surface area contributed by atoms with Gasteiger partial charge in [-0.15, -0.1) is 0 Å². The number of hydrogen-bond donors (Lipinski definition) is 1. The van der Waals surface area contributed by atoms with Crippen molar-refractivity contribution in [3.05, 3.63) is 63.6 Å². The quantitative estimate of drug-likeness (QED) is 0.486. The molecule has 0 radical (unpaired) electrons. The van der Waals surface area contributed by atoms with Gasteiger partial charge in [-0.3, -0.25) is 13.9 Å². The Labute approximate surface area is 214 Å². The molecule has 0 heterocycles. The van der Waals surface area contributed by atoms with Crippen molar-refractivity contribution in [3.63, 3.8) is 0 Å². The van der Waals surface area contributed by atoms with E-state index in [2.05, 4.69) is 21.2 Å². The second kappa shape index (κ2) is 11.6. The summed E-state index contributed by atoms with van der Waals surface area (Å²) in [4.78, 5) is 28.0. The second-order valence-corrected chi connectivity index (χ2v) is 11.8. The highest BCUT2D eigenvalue weighted by atomic mass is 79.9. The van der Waals surface area contributed by atoms with Gasteiger partial charge in [-0.1, -0.05) is 64.6 Å². The predicted molar refractivity (Wildman–Crippen MR) is 138 cm³/mol. The molecular weight excluding hydrogens is 542 g/mol. The van der Waals surface area contributed by atoms with E-state index in [0.29, 0.717) is 0 Å². The summed E-state index contributed by atoms with van der Waals surface area (Å²) in [6, 6.07) is 13.2. The van der Waals surface area contributed by atoms with Crippen molar-refractivity contribution < 1.29 is 18.0 Å². The lowest BCUT2D eigenvalue weighted by atomic mass is 10.1. The number of carbonyl (C=O) groups is 2. The van der Waals surface area contributed by atoms with Gasteiger partial charge in [0, 0.05) is 17.1 Å². The Balaban J connectivity index is 1.88. The van der Waals surface area contributed by atoms with Crippen LogP contribution in [0.4, 0.5) is 5.69 Å². The van der Waals surface area contributed by atoms with Gasteiger partial charge in [-0.2, -0.15) is 0 Å². The summed E-state index contributed by atoms with van der Waals surface area (Å²) < 4.78 is 27.0. The molecule has 184 valence electrons. The lowest BCUT2D eigenvalue weighted by Gasteiger charge is -2.32. The fourth-order valence-corrected chi connectivity index (χ4v) is 5.42. The Morgan fingerprint density at radius 1 is 1.12 bits per heavy atom. The molecule has 0 spiro atoms. The number of nitrogens with one attached hydrogen (secondary N) is 1. The van der Waals surface area contributed by atoms with Crippen molar-refractivity contribution in [2.75, 3.05) is 17.1 Å². The van der Waals surface area contributed by atoms with Crippen LogP contribution in [0.2, 0.25) is 5.02 Å². The fraction of sp³-hybridized carbons (Fsp3) is 0.417. The summed E-state index contributed by atoms with van der Waals surface area (Å²) in [6.45, 7) is 1.35. The first-order valence-corrected chi connectivity index (χ1v) is 14.1. The summed E-state index contributed by atoms with van der Waals surface area (Å²) >= 11 is 9.64. The molecule has 2 amide bonds. The molecule has 1 saturated carbocycles. The molecule has 3 rings (SSSR count). The molecule has 1 aliphatic rings. The monoisotopic (exact) mass is 569 g/mol. The number of nitrogens with zero attached hydrogens (tertiary/aromatic N) is 2. The van der Waals surface area contributed by atoms with E-state index in [-0.39, 0.29) is 29.2 Å². The van der Waals surface area contributed by atoms with Gasteiger partial charge in [0.05, 0.1) is 17.0 Å². The van der Waals surface area contributed by atoms with Crippen molar-refractivity contribution in [3.8, 4) is 0 Å². The van der Waals surface area contributed by atoms with Crippen LogP contribution >= 0.6 is 27.5 Å². The minimum absolute atomic E-state index is 0.107. The van der Waals surface area contributed by atoms with Crippen LogP contribution in [0.1, 0.15) is 38.2 Å². The molecule has 0 unspecified atom stereocenters. The van der Waals surface area contributed by atoms with Gasteiger partial charge < -0.3 is 10.2 Å². The molecule has 34 heavy (non-hydrogen) atoms. The molecule has 0 saturated heterocycles. The highest BCUT2D eigenvalue weighted by Crippen LogP contribution is 2.27. The maximum absolute atomic E-state index is 13.5. The molecule has 7 nitrogen and oxygen atoms in total. The number of carbonyl (C=O) groups excluding carboxylic acids is 2. The van der Waals surface area contributed by atoms with Gasteiger partial charge >= 0.3 is 0 Å². The topological polar surface area (TPSA) is 86.8 Å². The standard InChI is InChI=1S/C24H29BrClN3O4S/c1-17(24(31)27-20-7-3-4-8-20)28(15-18-11-13-19(25)14-12-18)23(30)16-29(34(2,32)33)22-10-6-5-9-21(22)26/h5-6,9-14,17,20H,3-4,7-8,15-16H2,1-2H3,(H,27,31)/t17-/m1/s1. The average molecular weight is 571 g/mol. The smallest absolute Gasteiger partial charge is 0.244 e. The van der Waals surface area contributed by atoms with Crippen molar-refractivity contribution in [2.24, 2.45) is 0 Å². The summed E-state index contributed by atoms with van der Waals surface area (Å²) in [5.74, 6) is -0.747. The molecule has 0 aliphatic heterocycles. The van der Waals surface area contributed by atoms with Crippen molar-refractivity contribution >= 4 is 55.1 Å². The Hall–Kier alpha value is -2.10. The van der Waals surface area contributed by atoms with Crippen LogP contribution in [0.25, 0.3) is 0 Å². The second-order valence-electron chi connectivity index (χ2n) is 8.54. The Morgan fingerprint density at radius 2 is 1.74 bits per heavy atom. The summed E-state index contributed by atoms with van der Waals surface area (Å²) in [5.41, 5.74) is 1.03. The summed E-state index contributed by atoms with van der Waals surface area (Å²) in [7, 11) is -3.82. The van der Waals surface area contributed by atoms with E-state index in [1.807, 2.05) is 24.3 Å². The first kappa shape index (κ1) is 26.5. The first-order chi connectivity index (χ1) is 16.1. The largest absolute Gasteiger partial charge is 0.352 e. The van der Waals surface area contributed by atoms with Crippen molar-refractivity contribution in [1.29, 1.82) is 0 Å². The van der Waals surface area contributed by atoms with Gasteiger partial charge in [0.2, 0.25) is 21.8 Å². The third-order valence-corrected chi connectivity index (χ3v) is 7.91. The maximum Gasteiger partial charge on any atom is 0.244 e. The summed E-state index contributed by atoms with van der Waals surface area (Å²) in [6.07, 6.45) is 5.02. The molecule has 2 aromatic carbocycles. The fourth-order valence-electron chi connectivity index (χ4n) is 4.01. The Bertz CT molecular complexity index is 1120. The molecular formula is C24H29BrClN3O4S. The van der Waals surface area contributed by atoms with E-state index in [4.69, 9.17) is 11.6 Å². The van der Waals surface area contributed by atoms with Gasteiger partial charge in [-0.05, 0) is 49.6 Å². The van der Waals surface area contributed by atoms with Crippen LogP contribution in [0.15, 0.2) is 53.0 Å². The molecule has 10 heteroatoms. The molecule has 1 atom stereocenters. The third-order valence-electron chi connectivity index (χ3n) is 5.94. The van der Waals surface area contributed by atoms with E-state index in [1.165, 1.54) is 4.90 Å². The van der Waals surface area contributed by atoms with Gasteiger partial charge in [0.15, 0.2) is 0 Å². The lowest BCUT2D eigenvalue weighted by molar-refractivity contribution is -0.139. The van der Waals surface area contributed by atoms with E-state index in [9.17, 15) is 18.0 Å². The van der Waals surface area contributed by atoms with Gasteiger partial charge in [0.1, 0.15) is 12.6 Å². The number of halogens is 2. The molecule has 2 aromatic rings.